The molecule has 1 aliphatic rings. The van der Waals surface area contributed by atoms with E-state index in [0.717, 1.165) is 17.7 Å². The average molecular weight is 380 g/mol. The lowest BCUT2D eigenvalue weighted by Gasteiger charge is -2.34. The highest BCUT2D eigenvalue weighted by molar-refractivity contribution is 7.89. The topological polar surface area (TPSA) is 57.7 Å². The monoisotopic (exact) mass is 380 g/mol. The van der Waals surface area contributed by atoms with Crippen molar-refractivity contribution < 1.29 is 22.0 Å². The van der Waals surface area contributed by atoms with Gasteiger partial charge in [0.1, 0.15) is 11.6 Å². The first kappa shape index (κ1) is 18.5. The van der Waals surface area contributed by atoms with Gasteiger partial charge in [-0.25, -0.2) is 17.2 Å². The molecule has 5 nitrogen and oxygen atoms in total. The number of nitrogens with zero attached hydrogens (tertiary/aromatic N) is 2. The van der Waals surface area contributed by atoms with E-state index in [-0.39, 0.29) is 36.6 Å². The van der Waals surface area contributed by atoms with Gasteiger partial charge in [0.15, 0.2) is 0 Å². The first-order valence-corrected chi connectivity index (χ1v) is 9.53. The smallest absolute Gasteiger partial charge is 0.254 e. The van der Waals surface area contributed by atoms with Crippen LogP contribution in [-0.4, -0.2) is 49.7 Å². The Kier molecular flexibility index (Phi) is 5.06. The van der Waals surface area contributed by atoms with Crippen molar-refractivity contribution in [3.63, 3.8) is 0 Å². The van der Waals surface area contributed by atoms with Crippen LogP contribution in [0.1, 0.15) is 15.9 Å². The Bertz CT molecular complexity index is 902. The molecular formula is C18H18F2N2O3S. The maximum atomic E-state index is 13.3. The molecule has 8 heteroatoms. The van der Waals surface area contributed by atoms with Crippen molar-refractivity contribution in [3.05, 3.63) is 65.2 Å². The van der Waals surface area contributed by atoms with Gasteiger partial charge in [-0.15, -0.1) is 0 Å². The molecule has 0 radical (unpaired) electrons. The van der Waals surface area contributed by atoms with Gasteiger partial charge in [-0.1, -0.05) is 17.7 Å². The highest BCUT2D eigenvalue weighted by Gasteiger charge is 2.30. The quantitative estimate of drug-likeness (QED) is 0.822. The number of rotatable bonds is 3. The fourth-order valence-electron chi connectivity index (χ4n) is 2.85. The van der Waals surface area contributed by atoms with Gasteiger partial charge in [0.2, 0.25) is 10.0 Å². The van der Waals surface area contributed by atoms with E-state index in [0.29, 0.717) is 6.07 Å². The third-order valence-electron chi connectivity index (χ3n) is 4.29. The molecule has 0 aliphatic carbocycles. The van der Waals surface area contributed by atoms with Crippen molar-refractivity contribution in [2.24, 2.45) is 0 Å². The summed E-state index contributed by atoms with van der Waals surface area (Å²) in [6.07, 6.45) is 0. The Morgan fingerprint density at radius 3 is 2.00 bits per heavy atom. The molecule has 0 unspecified atom stereocenters. The van der Waals surface area contributed by atoms with Crippen molar-refractivity contribution in [2.45, 2.75) is 11.8 Å². The third-order valence-corrected chi connectivity index (χ3v) is 6.21. The number of benzene rings is 2. The second-order valence-electron chi connectivity index (χ2n) is 6.17. The van der Waals surface area contributed by atoms with Gasteiger partial charge in [-0.05, 0) is 31.2 Å². The van der Waals surface area contributed by atoms with E-state index in [1.54, 1.807) is 24.3 Å². The van der Waals surface area contributed by atoms with Gasteiger partial charge in [0.25, 0.3) is 5.91 Å². The van der Waals surface area contributed by atoms with Crippen molar-refractivity contribution >= 4 is 15.9 Å². The number of carbonyl (C=O) groups is 1. The molecule has 2 aromatic carbocycles. The summed E-state index contributed by atoms with van der Waals surface area (Å²) in [5.74, 6) is -2.17. The number of hydrogen-bond donors (Lipinski definition) is 0. The van der Waals surface area contributed by atoms with Crippen LogP contribution in [0.2, 0.25) is 0 Å². The van der Waals surface area contributed by atoms with Crippen molar-refractivity contribution in [3.8, 4) is 0 Å². The number of piperazine rings is 1. The second-order valence-corrected chi connectivity index (χ2v) is 8.11. The predicted molar refractivity (Wildman–Crippen MR) is 92.2 cm³/mol. The molecule has 1 saturated heterocycles. The molecule has 0 bridgehead atoms. The van der Waals surface area contributed by atoms with Gasteiger partial charge in [-0.2, -0.15) is 4.31 Å². The van der Waals surface area contributed by atoms with Gasteiger partial charge in [-0.3, -0.25) is 4.79 Å². The summed E-state index contributed by atoms with van der Waals surface area (Å²) >= 11 is 0. The van der Waals surface area contributed by atoms with Crippen LogP contribution in [0.3, 0.4) is 0 Å². The fraction of sp³-hybridized carbons (Fsp3) is 0.278. The maximum absolute atomic E-state index is 13.3. The Morgan fingerprint density at radius 1 is 0.923 bits per heavy atom. The van der Waals surface area contributed by atoms with E-state index in [2.05, 4.69) is 0 Å². The highest BCUT2D eigenvalue weighted by atomic mass is 32.2. The third kappa shape index (κ3) is 3.76. The van der Waals surface area contributed by atoms with Crippen LogP contribution >= 0.6 is 0 Å². The molecule has 1 heterocycles. The lowest BCUT2D eigenvalue weighted by atomic mass is 10.1. The van der Waals surface area contributed by atoms with Crippen LogP contribution < -0.4 is 0 Å². The summed E-state index contributed by atoms with van der Waals surface area (Å²) in [5.41, 5.74) is 0.874. The molecule has 1 aliphatic heterocycles. The van der Waals surface area contributed by atoms with Crippen LogP contribution in [0, 0.1) is 18.6 Å². The van der Waals surface area contributed by atoms with Crippen LogP contribution in [0.5, 0.6) is 0 Å². The first-order chi connectivity index (χ1) is 12.3. The summed E-state index contributed by atoms with van der Waals surface area (Å²) in [5, 5.41) is 0. The molecule has 0 aromatic heterocycles. The summed E-state index contributed by atoms with van der Waals surface area (Å²) in [6, 6.07) is 9.20. The minimum Gasteiger partial charge on any atom is -0.336 e. The number of hydrogen-bond acceptors (Lipinski definition) is 3. The molecule has 3 rings (SSSR count). The van der Waals surface area contributed by atoms with Gasteiger partial charge >= 0.3 is 0 Å². The number of halogens is 2. The summed E-state index contributed by atoms with van der Waals surface area (Å²) in [6.45, 7) is 2.43. The Hall–Kier alpha value is -2.32. The zero-order chi connectivity index (χ0) is 18.9. The van der Waals surface area contributed by atoms with Gasteiger partial charge in [0.05, 0.1) is 4.90 Å². The lowest BCUT2D eigenvalue weighted by Crippen LogP contribution is -2.50. The minimum absolute atomic E-state index is 0.0858. The number of amides is 1. The van der Waals surface area contributed by atoms with E-state index in [1.807, 2.05) is 6.92 Å². The van der Waals surface area contributed by atoms with E-state index in [1.165, 1.54) is 9.21 Å². The fourth-order valence-corrected chi connectivity index (χ4v) is 4.27. The zero-order valence-electron chi connectivity index (χ0n) is 14.2. The van der Waals surface area contributed by atoms with E-state index >= 15 is 0 Å². The molecule has 0 atom stereocenters. The molecule has 1 fully saturated rings. The molecule has 138 valence electrons. The first-order valence-electron chi connectivity index (χ1n) is 8.09. The van der Waals surface area contributed by atoms with Crippen LogP contribution in [-0.2, 0) is 10.0 Å². The SMILES string of the molecule is Cc1ccc(S(=O)(=O)N2CCN(C(=O)c3cc(F)cc(F)c3)CC2)cc1. The molecule has 2 aromatic rings. The Balaban J connectivity index is 1.70. The van der Waals surface area contributed by atoms with Crippen LogP contribution in [0.15, 0.2) is 47.4 Å². The van der Waals surface area contributed by atoms with Crippen molar-refractivity contribution in [1.82, 2.24) is 9.21 Å². The Morgan fingerprint density at radius 2 is 1.46 bits per heavy atom. The summed E-state index contributed by atoms with van der Waals surface area (Å²) < 4.78 is 53.2. The van der Waals surface area contributed by atoms with Crippen molar-refractivity contribution in [1.29, 1.82) is 0 Å². The maximum Gasteiger partial charge on any atom is 0.254 e. The second kappa shape index (κ2) is 7.13. The zero-order valence-corrected chi connectivity index (χ0v) is 15.0. The van der Waals surface area contributed by atoms with E-state index < -0.39 is 27.6 Å². The Labute approximate surface area is 150 Å². The average Bonchev–Trinajstić information content (AvgIpc) is 2.61. The van der Waals surface area contributed by atoms with Gasteiger partial charge < -0.3 is 4.90 Å². The highest BCUT2D eigenvalue weighted by Crippen LogP contribution is 2.19. The minimum atomic E-state index is -3.63. The van der Waals surface area contributed by atoms with E-state index in [4.69, 9.17) is 0 Å². The van der Waals surface area contributed by atoms with Gasteiger partial charge in [0, 0.05) is 37.8 Å². The van der Waals surface area contributed by atoms with E-state index in [9.17, 15) is 22.0 Å². The van der Waals surface area contributed by atoms with Crippen LogP contribution in [0.4, 0.5) is 8.78 Å². The van der Waals surface area contributed by atoms with Crippen molar-refractivity contribution in [2.75, 3.05) is 26.2 Å². The predicted octanol–water partition coefficient (Wildman–Crippen LogP) is 2.42. The lowest BCUT2D eigenvalue weighted by molar-refractivity contribution is 0.0697. The summed E-state index contributed by atoms with van der Waals surface area (Å²) in [4.78, 5) is 14.0. The molecular weight excluding hydrogens is 362 g/mol. The molecule has 1 amide bonds. The molecule has 0 N–H and O–H groups in total. The largest absolute Gasteiger partial charge is 0.336 e. The summed E-state index contributed by atoms with van der Waals surface area (Å²) in [7, 11) is -3.63. The molecule has 26 heavy (non-hydrogen) atoms. The number of sulfonamides is 1. The normalized spacial score (nSPS) is 15.9. The standard InChI is InChI=1S/C18H18F2N2O3S/c1-13-2-4-17(5-3-13)26(24,25)22-8-6-21(7-9-22)18(23)14-10-15(19)12-16(20)11-14/h2-5,10-12H,6-9H2,1H3. The number of carbonyl (C=O) groups excluding carboxylic acids is 1. The molecule has 0 saturated carbocycles. The molecule has 0 spiro atoms. The van der Waals surface area contributed by atoms with Crippen LogP contribution in [0.25, 0.3) is 0 Å². The number of aryl methyl sites for hydroxylation is 1.